The van der Waals surface area contributed by atoms with Crippen molar-refractivity contribution in [3.63, 3.8) is 0 Å². The van der Waals surface area contributed by atoms with Crippen LogP contribution in [0.5, 0.6) is 11.5 Å². The molecule has 0 bridgehead atoms. The van der Waals surface area contributed by atoms with E-state index in [1.807, 2.05) is 18.2 Å². The van der Waals surface area contributed by atoms with Crippen LogP contribution in [0.3, 0.4) is 0 Å². The molecule has 0 fully saturated rings. The van der Waals surface area contributed by atoms with Crippen molar-refractivity contribution in [2.24, 2.45) is 0 Å². The quantitative estimate of drug-likeness (QED) is 0.744. The zero-order valence-electron chi connectivity index (χ0n) is 8.37. The number of hydrogen-bond acceptors (Lipinski definition) is 4. The van der Waals surface area contributed by atoms with E-state index in [0.717, 1.165) is 0 Å². The van der Waals surface area contributed by atoms with Crippen LogP contribution in [0.2, 0.25) is 0 Å². The van der Waals surface area contributed by atoms with Crippen LogP contribution in [-0.2, 0) is 0 Å². The van der Waals surface area contributed by atoms with Crippen LogP contribution < -0.4 is 9.47 Å². The van der Waals surface area contributed by atoms with E-state index in [-0.39, 0.29) is 5.24 Å². The van der Waals surface area contributed by atoms with Crippen molar-refractivity contribution in [1.82, 2.24) is 4.98 Å². The number of aromatic nitrogens is 1. The summed E-state index contributed by atoms with van der Waals surface area (Å²) < 4.78 is 10.6. The summed E-state index contributed by atoms with van der Waals surface area (Å²) in [6.07, 6.45) is 3.23. The minimum Gasteiger partial charge on any atom is -0.417 e. The molecule has 1 aromatic carbocycles. The van der Waals surface area contributed by atoms with Crippen molar-refractivity contribution < 1.29 is 9.47 Å². The maximum absolute atomic E-state index is 5.30. The predicted molar refractivity (Wildman–Crippen MR) is 64.5 cm³/mol. The summed E-state index contributed by atoms with van der Waals surface area (Å²) >= 11 is 4.95. The maximum atomic E-state index is 5.30. The lowest BCUT2D eigenvalue weighted by atomic mass is 10.3. The molecule has 1 heterocycles. The van der Waals surface area contributed by atoms with Crippen LogP contribution in [0.25, 0.3) is 0 Å². The van der Waals surface area contributed by atoms with Crippen LogP contribution in [0.4, 0.5) is 0 Å². The second-order valence-electron chi connectivity index (χ2n) is 2.96. The molecule has 2 rings (SSSR count). The van der Waals surface area contributed by atoms with Crippen LogP contribution in [-0.4, -0.2) is 10.2 Å². The number of thiocarbonyl (C=S) groups is 1. The standard InChI is InChI=1S/C12H9NO2S/c16-12(14-10-5-2-1-3-6-10)15-11-7-4-8-13-9-11/h1-9H. The third kappa shape index (κ3) is 3.03. The average molecular weight is 231 g/mol. The molecule has 0 aliphatic rings. The van der Waals surface area contributed by atoms with Gasteiger partial charge in [0.1, 0.15) is 11.5 Å². The van der Waals surface area contributed by atoms with Gasteiger partial charge in [0.25, 0.3) is 0 Å². The molecule has 3 nitrogen and oxygen atoms in total. The summed E-state index contributed by atoms with van der Waals surface area (Å²) in [5.41, 5.74) is 0. The topological polar surface area (TPSA) is 31.4 Å². The smallest absolute Gasteiger partial charge is 0.363 e. The zero-order valence-corrected chi connectivity index (χ0v) is 9.18. The average Bonchev–Trinajstić information content (AvgIpc) is 2.31. The Kier molecular flexibility index (Phi) is 3.46. The van der Waals surface area contributed by atoms with E-state index >= 15 is 0 Å². The lowest BCUT2D eigenvalue weighted by Gasteiger charge is -2.07. The Balaban J connectivity index is 1.95. The molecule has 0 amide bonds. The normalized spacial score (nSPS) is 9.50. The van der Waals surface area contributed by atoms with Gasteiger partial charge >= 0.3 is 5.24 Å². The van der Waals surface area contributed by atoms with Gasteiger partial charge < -0.3 is 9.47 Å². The van der Waals surface area contributed by atoms with Crippen molar-refractivity contribution >= 4 is 17.5 Å². The first-order valence-electron chi connectivity index (χ1n) is 4.69. The van der Waals surface area contributed by atoms with E-state index < -0.39 is 0 Å². The highest BCUT2D eigenvalue weighted by Gasteiger charge is 2.02. The number of hydrogen-bond donors (Lipinski definition) is 0. The number of rotatable bonds is 2. The largest absolute Gasteiger partial charge is 0.417 e. The van der Waals surface area contributed by atoms with Gasteiger partial charge in [-0.2, -0.15) is 0 Å². The Bertz CT molecular complexity index is 415. The van der Waals surface area contributed by atoms with Crippen molar-refractivity contribution in [2.45, 2.75) is 0 Å². The summed E-state index contributed by atoms with van der Waals surface area (Å²) in [5, 5.41) is 0.0548. The van der Waals surface area contributed by atoms with Crippen molar-refractivity contribution in [3.05, 3.63) is 54.9 Å². The van der Waals surface area contributed by atoms with E-state index in [0.29, 0.717) is 11.5 Å². The maximum Gasteiger partial charge on any atom is 0.363 e. The predicted octanol–water partition coefficient (Wildman–Crippen LogP) is 2.82. The molecule has 0 saturated carbocycles. The van der Waals surface area contributed by atoms with Gasteiger partial charge in [-0.15, -0.1) is 0 Å². The van der Waals surface area contributed by atoms with E-state index in [1.165, 1.54) is 0 Å². The first-order valence-corrected chi connectivity index (χ1v) is 5.10. The van der Waals surface area contributed by atoms with E-state index in [1.54, 1.807) is 36.7 Å². The van der Waals surface area contributed by atoms with Gasteiger partial charge in [0.05, 0.1) is 6.20 Å². The minimum absolute atomic E-state index is 0.0548. The Hall–Kier alpha value is -1.94. The molecule has 1 aromatic heterocycles. The molecule has 16 heavy (non-hydrogen) atoms. The lowest BCUT2D eigenvalue weighted by molar-refractivity contribution is 0.402. The molecule has 80 valence electrons. The third-order valence-electron chi connectivity index (χ3n) is 1.78. The number of pyridine rings is 1. The van der Waals surface area contributed by atoms with Crippen LogP contribution in [0.1, 0.15) is 0 Å². The molecule has 0 aliphatic carbocycles. The Morgan fingerprint density at radius 3 is 2.31 bits per heavy atom. The highest BCUT2D eigenvalue weighted by molar-refractivity contribution is 7.79. The Labute approximate surface area is 98.7 Å². The molecule has 0 unspecified atom stereocenters. The van der Waals surface area contributed by atoms with E-state index in [9.17, 15) is 0 Å². The summed E-state index contributed by atoms with van der Waals surface area (Å²) in [4.78, 5) is 3.90. The molecular weight excluding hydrogens is 222 g/mol. The van der Waals surface area contributed by atoms with Gasteiger partial charge in [0, 0.05) is 18.4 Å². The number of benzene rings is 1. The van der Waals surface area contributed by atoms with Crippen molar-refractivity contribution in [2.75, 3.05) is 0 Å². The van der Waals surface area contributed by atoms with Gasteiger partial charge in [-0.3, -0.25) is 4.98 Å². The molecule has 4 heteroatoms. The fourth-order valence-corrected chi connectivity index (χ4v) is 1.30. The molecule has 0 spiro atoms. The molecule has 0 radical (unpaired) electrons. The van der Waals surface area contributed by atoms with Gasteiger partial charge in [-0.05, 0) is 24.3 Å². The number of ether oxygens (including phenoxy) is 2. The number of nitrogens with zero attached hydrogens (tertiary/aromatic N) is 1. The molecule has 2 aromatic rings. The van der Waals surface area contributed by atoms with Gasteiger partial charge in [0.2, 0.25) is 0 Å². The number of para-hydroxylation sites is 1. The third-order valence-corrected chi connectivity index (χ3v) is 1.95. The van der Waals surface area contributed by atoms with Crippen LogP contribution in [0, 0.1) is 0 Å². The van der Waals surface area contributed by atoms with Crippen molar-refractivity contribution in [1.29, 1.82) is 0 Å². The fraction of sp³-hybridized carbons (Fsp3) is 0. The lowest BCUT2D eigenvalue weighted by Crippen LogP contribution is -2.13. The summed E-state index contributed by atoms with van der Waals surface area (Å²) in [6.45, 7) is 0. The molecular formula is C12H9NO2S. The first kappa shape index (κ1) is 10.6. The van der Waals surface area contributed by atoms with Gasteiger partial charge in [0.15, 0.2) is 0 Å². The summed E-state index contributed by atoms with van der Waals surface area (Å²) in [7, 11) is 0. The van der Waals surface area contributed by atoms with Crippen LogP contribution in [0.15, 0.2) is 54.9 Å². The summed E-state index contributed by atoms with van der Waals surface area (Å²) in [5.74, 6) is 1.21. The fourth-order valence-electron chi connectivity index (χ4n) is 1.11. The second kappa shape index (κ2) is 5.23. The van der Waals surface area contributed by atoms with Crippen molar-refractivity contribution in [3.8, 4) is 11.5 Å². The Morgan fingerprint density at radius 1 is 0.938 bits per heavy atom. The molecule has 0 saturated heterocycles. The highest BCUT2D eigenvalue weighted by Crippen LogP contribution is 2.12. The first-order chi connectivity index (χ1) is 7.84. The highest BCUT2D eigenvalue weighted by atomic mass is 32.1. The van der Waals surface area contributed by atoms with Gasteiger partial charge in [-0.25, -0.2) is 0 Å². The van der Waals surface area contributed by atoms with E-state index in [2.05, 4.69) is 4.98 Å². The molecule has 0 atom stereocenters. The van der Waals surface area contributed by atoms with Gasteiger partial charge in [-0.1, -0.05) is 18.2 Å². The zero-order chi connectivity index (χ0) is 11.2. The monoisotopic (exact) mass is 231 g/mol. The van der Waals surface area contributed by atoms with E-state index in [4.69, 9.17) is 21.7 Å². The Morgan fingerprint density at radius 2 is 1.62 bits per heavy atom. The molecule has 0 N–H and O–H groups in total. The second-order valence-corrected chi connectivity index (χ2v) is 3.29. The van der Waals surface area contributed by atoms with Crippen LogP contribution >= 0.6 is 12.2 Å². The minimum atomic E-state index is 0.0548. The molecule has 0 aliphatic heterocycles. The summed E-state index contributed by atoms with van der Waals surface area (Å²) in [6, 6.07) is 12.8. The SMILES string of the molecule is S=C(Oc1ccccc1)Oc1cccnc1.